The summed E-state index contributed by atoms with van der Waals surface area (Å²) in [6.07, 6.45) is 1.55. The number of nitrogens with one attached hydrogen (secondary N) is 1. The minimum atomic E-state index is -0.313. The van der Waals surface area contributed by atoms with E-state index in [1.807, 2.05) is 18.2 Å². The lowest BCUT2D eigenvalue weighted by atomic mass is 10.2. The van der Waals surface area contributed by atoms with E-state index in [4.69, 9.17) is 16.0 Å². The van der Waals surface area contributed by atoms with E-state index in [0.717, 1.165) is 5.56 Å². The van der Waals surface area contributed by atoms with Crippen LogP contribution in [0.4, 0.5) is 4.39 Å². The van der Waals surface area contributed by atoms with Crippen molar-refractivity contribution in [1.82, 2.24) is 20.1 Å². The number of hydrogen-bond donors (Lipinski definition) is 1. The Morgan fingerprint density at radius 2 is 1.90 bits per heavy atom. The van der Waals surface area contributed by atoms with E-state index in [9.17, 15) is 9.18 Å². The molecule has 6 nitrogen and oxygen atoms in total. The number of thioether (sulfide) groups is 1. The summed E-state index contributed by atoms with van der Waals surface area (Å²) in [5.41, 5.74) is 1.50. The quantitative estimate of drug-likeness (QED) is 0.419. The number of aromatic nitrogens is 3. The highest BCUT2D eigenvalue weighted by Gasteiger charge is 2.20. The second kappa shape index (κ2) is 9.15. The first-order valence-electron chi connectivity index (χ1n) is 9.00. The van der Waals surface area contributed by atoms with Crippen molar-refractivity contribution < 1.29 is 13.6 Å². The Hall–Kier alpha value is -3.10. The molecule has 2 heterocycles. The molecule has 30 heavy (non-hydrogen) atoms. The van der Waals surface area contributed by atoms with Gasteiger partial charge in [0.25, 0.3) is 0 Å². The van der Waals surface area contributed by atoms with Crippen LogP contribution in [0, 0.1) is 5.82 Å². The first kappa shape index (κ1) is 20.2. The van der Waals surface area contributed by atoms with Gasteiger partial charge in [0, 0.05) is 6.54 Å². The normalized spacial score (nSPS) is 10.9. The van der Waals surface area contributed by atoms with Gasteiger partial charge in [-0.2, -0.15) is 0 Å². The number of halogens is 2. The molecular weight excluding hydrogens is 427 g/mol. The molecule has 0 spiro atoms. The zero-order valence-electron chi connectivity index (χ0n) is 15.6. The van der Waals surface area contributed by atoms with Crippen LogP contribution in [0.5, 0.6) is 0 Å². The van der Waals surface area contributed by atoms with Crippen LogP contribution >= 0.6 is 23.4 Å². The largest absolute Gasteiger partial charge is 0.461 e. The molecule has 0 saturated heterocycles. The van der Waals surface area contributed by atoms with E-state index < -0.39 is 0 Å². The van der Waals surface area contributed by atoms with E-state index in [1.54, 1.807) is 41.2 Å². The van der Waals surface area contributed by atoms with Gasteiger partial charge in [-0.05, 0) is 42.0 Å². The van der Waals surface area contributed by atoms with E-state index in [1.165, 1.54) is 23.9 Å². The molecule has 9 heteroatoms. The molecule has 4 aromatic rings. The van der Waals surface area contributed by atoms with Gasteiger partial charge in [-0.15, -0.1) is 10.2 Å². The topological polar surface area (TPSA) is 73.0 Å². The summed E-state index contributed by atoms with van der Waals surface area (Å²) in [5, 5.41) is 12.3. The number of nitrogens with zero attached hydrogens (tertiary/aromatic N) is 3. The molecule has 0 bridgehead atoms. The number of amides is 1. The Bertz CT molecular complexity index is 1150. The van der Waals surface area contributed by atoms with Crippen molar-refractivity contribution in [3.05, 3.63) is 83.3 Å². The van der Waals surface area contributed by atoms with Gasteiger partial charge in [-0.1, -0.05) is 47.6 Å². The van der Waals surface area contributed by atoms with Crippen LogP contribution in [0.25, 0.3) is 17.3 Å². The van der Waals surface area contributed by atoms with E-state index >= 15 is 0 Å². The summed E-state index contributed by atoms with van der Waals surface area (Å²) in [6, 6.07) is 16.8. The molecule has 0 saturated carbocycles. The first-order valence-corrected chi connectivity index (χ1v) is 10.4. The molecule has 1 amide bonds. The SMILES string of the molecule is O=C(CSc1nnc(-c2ccco2)n1-c1ccccc1Cl)NCc1ccc(F)cc1. The van der Waals surface area contributed by atoms with Crippen molar-refractivity contribution in [2.24, 2.45) is 0 Å². The summed E-state index contributed by atoms with van der Waals surface area (Å²) in [7, 11) is 0. The van der Waals surface area contributed by atoms with Crippen molar-refractivity contribution in [3.8, 4) is 17.3 Å². The standard InChI is InChI=1S/C21H16ClFN4O2S/c22-16-4-1-2-5-17(16)27-20(18-6-3-11-29-18)25-26-21(27)30-13-19(28)24-12-14-7-9-15(23)10-8-14/h1-11H,12-13H2,(H,24,28). The van der Waals surface area contributed by atoms with E-state index in [-0.39, 0.29) is 17.5 Å². The maximum Gasteiger partial charge on any atom is 0.230 e. The molecular formula is C21H16ClFN4O2S. The Kier molecular flexibility index (Phi) is 6.15. The number of rotatable bonds is 7. The lowest BCUT2D eigenvalue weighted by molar-refractivity contribution is -0.118. The average Bonchev–Trinajstić information content (AvgIpc) is 3.42. The Balaban J connectivity index is 1.51. The Labute approximate surface area is 181 Å². The maximum absolute atomic E-state index is 13.0. The van der Waals surface area contributed by atoms with Gasteiger partial charge in [0.1, 0.15) is 5.82 Å². The summed E-state index contributed by atoms with van der Waals surface area (Å²) < 4.78 is 20.2. The lowest BCUT2D eigenvalue weighted by Gasteiger charge is -2.11. The molecule has 1 N–H and O–H groups in total. The van der Waals surface area contributed by atoms with Crippen LogP contribution in [-0.4, -0.2) is 26.4 Å². The Morgan fingerprint density at radius 3 is 2.63 bits per heavy atom. The maximum atomic E-state index is 13.0. The minimum absolute atomic E-state index is 0.127. The van der Waals surface area contributed by atoms with Gasteiger partial charge in [0.2, 0.25) is 11.7 Å². The van der Waals surface area contributed by atoms with Crippen LogP contribution in [0.15, 0.2) is 76.5 Å². The number of carbonyl (C=O) groups is 1. The van der Waals surface area contributed by atoms with Crippen LogP contribution in [-0.2, 0) is 11.3 Å². The molecule has 0 aliphatic carbocycles. The molecule has 4 rings (SSSR count). The average molecular weight is 443 g/mol. The highest BCUT2D eigenvalue weighted by molar-refractivity contribution is 7.99. The number of hydrogen-bond acceptors (Lipinski definition) is 5. The van der Waals surface area contributed by atoms with Crippen LogP contribution in [0.2, 0.25) is 5.02 Å². The second-order valence-corrected chi connectivity index (χ2v) is 7.61. The fourth-order valence-electron chi connectivity index (χ4n) is 2.76. The molecule has 0 aliphatic heterocycles. The van der Waals surface area contributed by atoms with Gasteiger partial charge >= 0.3 is 0 Å². The highest BCUT2D eigenvalue weighted by atomic mass is 35.5. The van der Waals surface area contributed by atoms with Crippen LogP contribution in [0.1, 0.15) is 5.56 Å². The van der Waals surface area contributed by atoms with Gasteiger partial charge in [-0.25, -0.2) is 4.39 Å². The molecule has 152 valence electrons. The predicted molar refractivity (Wildman–Crippen MR) is 113 cm³/mol. The fourth-order valence-corrected chi connectivity index (χ4v) is 3.76. The monoisotopic (exact) mass is 442 g/mol. The smallest absolute Gasteiger partial charge is 0.230 e. The van der Waals surface area contributed by atoms with E-state index in [2.05, 4.69) is 15.5 Å². The van der Waals surface area contributed by atoms with Gasteiger partial charge < -0.3 is 9.73 Å². The third kappa shape index (κ3) is 4.55. The summed E-state index contributed by atoms with van der Waals surface area (Å²) in [4.78, 5) is 12.3. The molecule has 0 radical (unpaired) electrons. The third-order valence-corrected chi connectivity index (χ3v) is 5.45. The van der Waals surface area contributed by atoms with E-state index in [0.29, 0.717) is 34.0 Å². The van der Waals surface area contributed by atoms with Crippen molar-refractivity contribution in [3.63, 3.8) is 0 Å². The summed E-state index contributed by atoms with van der Waals surface area (Å²) in [5.74, 6) is 0.656. The minimum Gasteiger partial charge on any atom is -0.461 e. The molecule has 0 atom stereocenters. The number of benzene rings is 2. The van der Waals surface area contributed by atoms with Crippen molar-refractivity contribution in [2.75, 3.05) is 5.75 Å². The number of para-hydroxylation sites is 1. The second-order valence-electron chi connectivity index (χ2n) is 6.26. The lowest BCUT2D eigenvalue weighted by Crippen LogP contribution is -2.24. The van der Waals surface area contributed by atoms with Crippen LogP contribution in [0.3, 0.4) is 0 Å². The molecule has 0 fully saturated rings. The fraction of sp³-hybridized carbons (Fsp3) is 0.0952. The van der Waals surface area contributed by atoms with Crippen molar-refractivity contribution >= 4 is 29.3 Å². The van der Waals surface area contributed by atoms with Crippen molar-refractivity contribution in [2.45, 2.75) is 11.7 Å². The van der Waals surface area contributed by atoms with Crippen molar-refractivity contribution in [1.29, 1.82) is 0 Å². The Morgan fingerprint density at radius 1 is 1.10 bits per heavy atom. The molecule has 0 aliphatic rings. The van der Waals surface area contributed by atoms with Gasteiger partial charge in [0.15, 0.2) is 10.9 Å². The third-order valence-electron chi connectivity index (χ3n) is 4.20. The number of carbonyl (C=O) groups excluding carboxylic acids is 1. The zero-order chi connectivity index (χ0) is 20.9. The van der Waals surface area contributed by atoms with Crippen LogP contribution < -0.4 is 5.32 Å². The van der Waals surface area contributed by atoms with Gasteiger partial charge in [-0.3, -0.25) is 9.36 Å². The summed E-state index contributed by atoms with van der Waals surface area (Å²) in [6.45, 7) is 0.314. The zero-order valence-corrected chi connectivity index (χ0v) is 17.2. The number of furan rings is 1. The summed E-state index contributed by atoms with van der Waals surface area (Å²) >= 11 is 7.62. The highest BCUT2D eigenvalue weighted by Crippen LogP contribution is 2.31. The molecule has 2 aromatic carbocycles. The molecule has 0 unspecified atom stereocenters. The first-order chi connectivity index (χ1) is 14.6. The predicted octanol–water partition coefficient (Wildman–Crippen LogP) is 4.73. The van der Waals surface area contributed by atoms with Gasteiger partial charge in [0.05, 0.1) is 22.7 Å². The molecule has 2 aromatic heterocycles.